The number of hydrogen-bond donors (Lipinski definition) is 1. The molecule has 0 fully saturated rings. The van der Waals surface area contributed by atoms with Gasteiger partial charge in [-0.2, -0.15) is 0 Å². The van der Waals surface area contributed by atoms with Gasteiger partial charge in [0.1, 0.15) is 0 Å². The highest BCUT2D eigenvalue weighted by atomic mass is 19.1. The van der Waals surface area contributed by atoms with Gasteiger partial charge < -0.3 is 14.8 Å². The van der Waals surface area contributed by atoms with Gasteiger partial charge in [-0.3, -0.25) is 9.59 Å². The number of esters is 1. The molecule has 0 saturated heterocycles. The van der Waals surface area contributed by atoms with Crippen molar-refractivity contribution in [3.8, 4) is 5.75 Å². The minimum Gasteiger partial charge on any atom is -0.494 e. The van der Waals surface area contributed by atoms with Crippen LogP contribution in [0.25, 0.3) is 10.8 Å². The number of amides is 1. The van der Waals surface area contributed by atoms with Crippen LogP contribution in [0.5, 0.6) is 5.75 Å². The summed E-state index contributed by atoms with van der Waals surface area (Å²) in [6.07, 6.45) is -0.136. The minimum atomic E-state index is -0.618. The van der Waals surface area contributed by atoms with Crippen LogP contribution in [0.2, 0.25) is 0 Å². The second kappa shape index (κ2) is 8.31. The summed E-state index contributed by atoms with van der Waals surface area (Å²) in [4.78, 5) is 24.0. The molecule has 0 aliphatic carbocycles. The highest BCUT2D eigenvalue weighted by Gasteiger charge is 2.12. The molecule has 3 rings (SSSR count). The molecule has 0 radical (unpaired) electrons. The first-order chi connectivity index (χ1) is 13.1. The number of hydrogen-bond acceptors (Lipinski definition) is 4. The number of fused-ring (bicyclic) bond motifs is 1. The Morgan fingerprint density at radius 1 is 1.04 bits per heavy atom. The van der Waals surface area contributed by atoms with E-state index in [0.29, 0.717) is 11.3 Å². The normalized spacial score (nSPS) is 10.4. The highest BCUT2D eigenvalue weighted by Crippen LogP contribution is 2.23. The molecule has 0 saturated carbocycles. The summed E-state index contributed by atoms with van der Waals surface area (Å²) in [6.45, 7) is -0.416. The molecule has 1 amide bonds. The monoisotopic (exact) mass is 367 g/mol. The lowest BCUT2D eigenvalue weighted by atomic mass is 10.1. The molecule has 3 aromatic rings. The predicted octanol–water partition coefficient (Wildman–Crippen LogP) is 3.71. The van der Waals surface area contributed by atoms with Crippen molar-refractivity contribution in [1.82, 2.24) is 0 Å². The number of methoxy groups -OCH3 is 1. The maximum Gasteiger partial charge on any atom is 0.310 e. The van der Waals surface area contributed by atoms with E-state index in [2.05, 4.69) is 5.32 Å². The average molecular weight is 367 g/mol. The van der Waals surface area contributed by atoms with Gasteiger partial charge >= 0.3 is 5.97 Å². The summed E-state index contributed by atoms with van der Waals surface area (Å²) >= 11 is 0. The van der Waals surface area contributed by atoms with Gasteiger partial charge in [-0.1, -0.05) is 42.5 Å². The lowest BCUT2D eigenvalue weighted by Gasteiger charge is -2.09. The van der Waals surface area contributed by atoms with E-state index in [0.717, 1.165) is 10.8 Å². The van der Waals surface area contributed by atoms with Crippen molar-refractivity contribution in [3.63, 3.8) is 0 Å². The third kappa shape index (κ3) is 4.61. The first-order valence-electron chi connectivity index (χ1n) is 8.32. The quantitative estimate of drug-likeness (QED) is 0.675. The summed E-state index contributed by atoms with van der Waals surface area (Å²) < 4.78 is 23.5. The SMILES string of the molecule is COc1ccc(CC(=O)OCC(=O)Nc2cccc3ccccc23)cc1F. The number of ether oxygens (including phenoxy) is 2. The van der Waals surface area contributed by atoms with Crippen LogP contribution in [0.3, 0.4) is 0 Å². The summed E-state index contributed by atoms with van der Waals surface area (Å²) in [7, 11) is 1.36. The van der Waals surface area contributed by atoms with Gasteiger partial charge in [0, 0.05) is 11.1 Å². The van der Waals surface area contributed by atoms with Crippen LogP contribution in [0, 0.1) is 5.82 Å². The molecule has 27 heavy (non-hydrogen) atoms. The molecular weight excluding hydrogens is 349 g/mol. The van der Waals surface area contributed by atoms with Crippen LogP contribution >= 0.6 is 0 Å². The fourth-order valence-electron chi connectivity index (χ4n) is 2.70. The number of anilines is 1. The maximum atomic E-state index is 13.6. The Morgan fingerprint density at radius 2 is 1.81 bits per heavy atom. The Bertz CT molecular complexity index is 982. The van der Waals surface area contributed by atoms with Crippen molar-refractivity contribution in [2.24, 2.45) is 0 Å². The Kier molecular flexibility index (Phi) is 5.66. The molecule has 3 aromatic carbocycles. The zero-order valence-electron chi connectivity index (χ0n) is 14.7. The molecule has 0 aromatic heterocycles. The van der Waals surface area contributed by atoms with E-state index in [1.165, 1.54) is 19.2 Å². The molecule has 0 aliphatic heterocycles. The van der Waals surface area contributed by atoms with E-state index in [1.54, 1.807) is 12.1 Å². The summed E-state index contributed by atoms with van der Waals surface area (Å²) in [5.41, 5.74) is 1.08. The van der Waals surface area contributed by atoms with Gasteiger partial charge in [0.2, 0.25) is 0 Å². The molecule has 0 heterocycles. The number of carbonyl (C=O) groups is 2. The first kappa shape index (κ1) is 18.4. The highest BCUT2D eigenvalue weighted by molar-refractivity contribution is 6.02. The van der Waals surface area contributed by atoms with Crippen LogP contribution in [0.4, 0.5) is 10.1 Å². The topological polar surface area (TPSA) is 64.6 Å². The Labute approximate surface area is 155 Å². The van der Waals surface area contributed by atoms with E-state index in [-0.39, 0.29) is 12.2 Å². The van der Waals surface area contributed by atoms with Crippen molar-refractivity contribution in [3.05, 3.63) is 72.0 Å². The smallest absolute Gasteiger partial charge is 0.310 e. The van der Waals surface area contributed by atoms with Crippen LogP contribution in [-0.4, -0.2) is 25.6 Å². The second-order valence-corrected chi connectivity index (χ2v) is 5.88. The fraction of sp³-hybridized carbons (Fsp3) is 0.143. The average Bonchev–Trinajstić information content (AvgIpc) is 2.67. The number of rotatable bonds is 6. The third-order valence-electron chi connectivity index (χ3n) is 3.99. The van der Waals surface area contributed by atoms with E-state index >= 15 is 0 Å². The van der Waals surface area contributed by atoms with E-state index in [4.69, 9.17) is 9.47 Å². The van der Waals surface area contributed by atoms with Gasteiger partial charge in [-0.25, -0.2) is 4.39 Å². The molecule has 0 unspecified atom stereocenters. The Balaban J connectivity index is 1.55. The fourth-order valence-corrected chi connectivity index (χ4v) is 2.70. The summed E-state index contributed by atoms with van der Waals surface area (Å²) in [5.74, 6) is -1.52. The predicted molar refractivity (Wildman–Crippen MR) is 100 cm³/mol. The minimum absolute atomic E-state index is 0.0987. The maximum absolute atomic E-state index is 13.6. The van der Waals surface area contributed by atoms with Gasteiger partial charge in [0.25, 0.3) is 5.91 Å². The molecular formula is C21H18FNO4. The van der Waals surface area contributed by atoms with Gasteiger partial charge in [0.15, 0.2) is 18.2 Å². The molecule has 0 bridgehead atoms. The van der Waals surface area contributed by atoms with Crippen molar-refractivity contribution in [2.75, 3.05) is 19.0 Å². The zero-order valence-corrected chi connectivity index (χ0v) is 14.7. The van der Waals surface area contributed by atoms with Crippen LogP contribution in [-0.2, 0) is 20.7 Å². The summed E-state index contributed by atoms with van der Waals surface area (Å²) in [6, 6.07) is 17.4. The Morgan fingerprint density at radius 3 is 2.59 bits per heavy atom. The number of halogens is 1. The lowest BCUT2D eigenvalue weighted by Crippen LogP contribution is -2.21. The molecule has 1 N–H and O–H groups in total. The van der Waals surface area contributed by atoms with Gasteiger partial charge in [-0.05, 0) is 29.1 Å². The van der Waals surface area contributed by atoms with Gasteiger partial charge in [0.05, 0.1) is 13.5 Å². The van der Waals surface area contributed by atoms with Crippen LogP contribution in [0.15, 0.2) is 60.7 Å². The van der Waals surface area contributed by atoms with Crippen LogP contribution < -0.4 is 10.1 Å². The summed E-state index contributed by atoms with van der Waals surface area (Å²) in [5, 5.41) is 4.63. The molecule has 138 valence electrons. The standard InChI is InChI=1S/C21H18FNO4/c1-26-19-10-9-14(11-17(19)22)12-21(25)27-13-20(24)23-18-8-4-6-15-5-2-3-7-16(15)18/h2-11H,12-13H2,1H3,(H,23,24). The van der Waals surface area contributed by atoms with Gasteiger partial charge in [-0.15, -0.1) is 0 Å². The van der Waals surface area contributed by atoms with Crippen LogP contribution in [0.1, 0.15) is 5.56 Å². The van der Waals surface area contributed by atoms with E-state index in [9.17, 15) is 14.0 Å². The largest absolute Gasteiger partial charge is 0.494 e. The van der Waals surface area contributed by atoms with Crippen molar-refractivity contribution in [1.29, 1.82) is 0 Å². The third-order valence-corrected chi connectivity index (χ3v) is 3.99. The second-order valence-electron chi connectivity index (χ2n) is 5.88. The van der Waals surface area contributed by atoms with E-state index in [1.807, 2.05) is 36.4 Å². The van der Waals surface area contributed by atoms with Crippen molar-refractivity contribution in [2.45, 2.75) is 6.42 Å². The lowest BCUT2D eigenvalue weighted by molar-refractivity contribution is -0.146. The molecule has 5 nitrogen and oxygen atoms in total. The van der Waals surface area contributed by atoms with Crippen molar-refractivity contribution >= 4 is 28.3 Å². The first-order valence-corrected chi connectivity index (χ1v) is 8.32. The molecule has 6 heteroatoms. The number of nitrogens with one attached hydrogen (secondary N) is 1. The van der Waals surface area contributed by atoms with E-state index < -0.39 is 24.3 Å². The number of carbonyl (C=O) groups excluding carboxylic acids is 2. The molecule has 0 atom stereocenters. The molecule has 0 spiro atoms. The Hall–Kier alpha value is -3.41. The number of benzene rings is 3. The van der Waals surface area contributed by atoms with Crippen molar-refractivity contribution < 1.29 is 23.5 Å². The zero-order chi connectivity index (χ0) is 19.2. The molecule has 0 aliphatic rings.